The van der Waals surface area contributed by atoms with Crippen LogP contribution in [0.15, 0.2) is 65.7 Å². The van der Waals surface area contributed by atoms with Gasteiger partial charge in [0.15, 0.2) is 0 Å². The minimum absolute atomic E-state index is 0.0185. The van der Waals surface area contributed by atoms with Crippen LogP contribution in [0.25, 0.3) is 0 Å². The second kappa shape index (κ2) is 7.19. The summed E-state index contributed by atoms with van der Waals surface area (Å²) < 4.78 is 1.23. The van der Waals surface area contributed by atoms with Crippen LogP contribution in [0.4, 0.5) is 11.4 Å². The molecule has 0 fully saturated rings. The Kier molecular flexibility index (Phi) is 5.20. The molecule has 0 bridgehead atoms. The fourth-order valence-corrected chi connectivity index (χ4v) is 5.33. The zero-order valence-electron chi connectivity index (χ0n) is 13.7. The Morgan fingerprint density at radius 3 is 2.58 bits per heavy atom. The van der Waals surface area contributed by atoms with Gasteiger partial charge in [0.2, 0.25) is 5.91 Å². The number of amides is 1. The molecule has 1 aliphatic rings. The van der Waals surface area contributed by atoms with E-state index in [9.17, 15) is 4.79 Å². The summed E-state index contributed by atoms with van der Waals surface area (Å²) >= 11 is 4.13. The number of hydrogen-bond donors (Lipinski definition) is 0. The largest absolute Gasteiger partial charge is 0.352 e. The zero-order valence-corrected chi connectivity index (χ0v) is 16.7. The monoisotopic (exact) mass is 450 g/mol. The minimum Gasteiger partial charge on any atom is -0.352 e. The summed E-state index contributed by atoms with van der Waals surface area (Å²) in [6, 6.07) is 16.1. The number of likely N-dealkylation sites (N-methyl/N-ethyl adjacent to an activating group) is 1. The molecule has 0 saturated carbocycles. The summed E-state index contributed by atoms with van der Waals surface area (Å²) in [4.78, 5) is 17.6. The number of hydrogen-bond acceptors (Lipinski definition) is 3. The molecule has 5 heteroatoms. The number of nitrogens with zero attached hydrogens (tertiary/aromatic N) is 2. The molecule has 0 saturated heterocycles. The normalized spacial score (nSPS) is 16.0. The van der Waals surface area contributed by atoms with Crippen LogP contribution in [-0.4, -0.2) is 17.8 Å². The van der Waals surface area contributed by atoms with E-state index < -0.39 is 0 Å². The number of para-hydroxylation sites is 2. The van der Waals surface area contributed by atoms with Crippen LogP contribution >= 0.6 is 34.4 Å². The van der Waals surface area contributed by atoms with E-state index in [1.165, 1.54) is 14.2 Å². The highest BCUT2D eigenvalue weighted by molar-refractivity contribution is 14.1. The Balaban J connectivity index is 1.97. The van der Waals surface area contributed by atoms with Crippen molar-refractivity contribution in [3.63, 3.8) is 0 Å². The molecule has 2 aromatic carbocycles. The van der Waals surface area contributed by atoms with Crippen molar-refractivity contribution >= 4 is 51.6 Å². The van der Waals surface area contributed by atoms with Gasteiger partial charge in [-0.2, -0.15) is 0 Å². The minimum atomic E-state index is -0.0199. The van der Waals surface area contributed by atoms with Gasteiger partial charge in [-0.15, -0.1) is 0 Å². The molecule has 0 radical (unpaired) electrons. The summed E-state index contributed by atoms with van der Waals surface area (Å²) in [6.07, 6.45) is 0. The predicted octanol–water partition coefficient (Wildman–Crippen LogP) is 5.12. The molecule has 1 aliphatic heterocycles. The van der Waals surface area contributed by atoms with Crippen LogP contribution in [-0.2, 0) is 4.79 Å². The van der Waals surface area contributed by atoms with Crippen LogP contribution in [0.3, 0.4) is 0 Å². The number of carbonyl (C=O) groups is 1. The van der Waals surface area contributed by atoms with Crippen molar-refractivity contribution in [2.75, 3.05) is 16.3 Å². The Hall–Kier alpha value is -1.47. The topological polar surface area (TPSA) is 23.6 Å². The zero-order chi connectivity index (χ0) is 17.3. The van der Waals surface area contributed by atoms with Gasteiger partial charge in [-0.05, 0) is 53.8 Å². The summed E-state index contributed by atoms with van der Waals surface area (Å²) in [5.41, 5.74) is 2.90. The molecule has 3 rings (SSSR count). The van der Waals surface area contributed by atoms with Gasteiger partial charge in [-0.3, -0.25) is 9.69 Å². The Bertz CT molecular complexity index is 778. The summed E-state index contributed by atoms with van der Waals surface area (Å²) in [5, 5.41) is 0.0185. The van der Waals surface area contributed by atoms with E-state index in [-0.39, 0.29) is 11.3 Å². The molecule has 1 unspecified atom stereocenters. The summed E-state index contributed by atoms with van der Waals surface area (Å²) in [5.74, 6) is -0.0199. The van der Waals surface area contributed by atoms with Gasteiger partial charge in [-0.1, -0.05) is 42.6 Å². The van der Waals surface area contributed by atoms with Crippen molar-refractivity contribution in [2.24, 2.45) is 0 Å². The Labute approximate surface area is 160 Å². The van der Waals surface area contributed by atoms with Crippen LogP contribution in [0, 0.1) is 3.57 Å². The van der Waals surface area contributed by atoms with Crippen molar-refractivity contribution in [1.82, 2.24) is 0 Å². The lowest BCUT2D eigenvalue weighted by Crippen LogP contribution is -2.40. The van der Waals surface area contributed by atoms with E-state index in [2.05, 4.69) is 59.2 Å². The quantitative estimate of drug-likeness (QED) is 0.605. The van der Waals surface area contributed by atoms with Crippen LogP contribution in [0.1, 0.15) is 13.8 Å². The second-order valence-electron chi connectivity index (χ2n) is 5.52. The molecule has 1 heterocycles. The number of thioether (sulfide) groups is 1. The highest BCUT2D eigenvalue weighted by Gasteiger charge is 2.35. The van der Waals surface area contributed by atoms with Crippen molar-refractivity contribution in [3.05, 3.63) is 64.4 Å². The molecule has 2 aromatic rings. The Morgan fingerprint density at radius 2 is 1.96 bits per heavy atom. The lowest BCUT2D eigenvalue weighted by molar-refractivity contribution is -0.116. The Morgan fingerprint density at radius 1 is 1.25 bits per heavy atom. The molecular formula is C19H19IN2OS. The molecule has 0 N–H and O–H groups in total. The summed E-state index contributed by atoms with van der Waals surface area (Å²) in [6.45, 7) is 8.88. The molecule has 124 valence electrons. The molecule has 3 nitrogen and oxygen atoms in total. The van der Waals surface area contributed by atoms with Crippen molar-refractivity contribution in [3.8, 4) is 0 Å². The van der Waals surface area contributed by atoms with Crippen LogP contribution in [0.5, 0.6) is 0 Å². The first kappa shape index (κ1) is 17.4. The van der Waals surface area contributed by atoms with Gasteiger partial charge in [0.05, 0.1) is 11.4 Å². The van der Waals surface area contributed by atoms with E-state index >= 15 is 0 Å². The molecule has 0 spiro atoms. The van der Waals surface area contributed by atoms with Gasteiger partial charge in [0.1, 0.15) is 5.37 Å². The average molecular weight is 450 g/mol. The smallest absolute Gasteiger partial charge is 0.228 e. The fourth-order valence-electron chi connectivity index (χ4n) is 2.98. The third-order valence-electron chi connectivity index (χ3n) is 4.00. The first-order valence-corrected chi connectivity index (χ1v) is 9.76. The molecular weight excluding hydrogens is 431 g/mol. The number of halogens is 1. The van der Waals surface area contributed by atoms with E-state index in [1.807, 2.05) is 30.3 Å². The molecule has 0 aliphatic carbocycles. The highest BCUT2D eigenvalue weighted by atomic mass is 127. The van der Waals surface area contributed by atoms with Crippen LogP contribution < -0.4 is 9.80 Å². The maximum absolute atomic E-state index is 12.3. The van der Waals surface area contributed by atoms with Gasteiger partial charge in [0.25, 0.3) is 0 Å². The van der Waals surface area contributed by atoms with E-state index in [0.717, 1.165) is 17.9 Å². The maximum atomic E-state index is 12.3. The molecule has 24 heavy (non-hydrogen) atoms. The van der Waals surface area contributed by atoms with E-state index in [1.54, 1.807) is 23.6 Å². The van der Waals surface area contributed by atoms with E-state index in [0.29, 0.717) is 0 Å². The van der Waals surface area contributed by atoms with Crippen molar-refractivity contribution in [1.29, 1.82) is 0 Å². The first-order chi connectivity index (χ1) is 11.5. The standard InChI is InChI=1S/C19H19IN2OS/c1-4-21-18-16(20)11-8-12-17(18)24-19(21)13(2)22(14(3)23)15-9-6-5-7-10-15/h5-12,19H,2,4H2,1,3H3. The number of fused-ring (bicyclic) bond motifs is 1. The number of benzene rings is 2. The van der Waals surface area contributed by atoms with Gasteiger partial charge >= 0.3 is 0 Å². The summed E-state index contributed by atoms with van der Waals surface area (Å²) in [7, 11) is 0. The first-order valence-electron chi connectivity index (χ1n) is 7.81. The second-order valence-corrected chi connectivity index (χ2v) is 7.81. The maximum Gasteiger partial charge on any atom is 0.228 e. The van der Waals surface area contributed by atoms with Crippen molar-refractivity contribution in [2.45, 2.75) is 24.1 Å². The van der Waals surface area contributed by atoms with Gasteiger partial charge in [0, 0.05) is 27.6 Å². The van der Waals surface area contributed by atoms with E-state index in [4.69, 9.17) is 0 Å². The SMILES string of the molecule is C=C(C1Sc2cccc(I)c2N1CC)N(C(C)=O)c1ccccc1. The number of carbonyl (C=O) groups excluding carboxylic acids is 1. The lowest BCUT2D eigenvalue weighted by Gasteiger charge is -2.33. The van der Waals surface area contributed by atoms with Gasteiger partial charge in [-0.25, -0.2) is 0 Å². The number of anilines is 2. The van der Waals surface area contributed by atoms with Crippen LogP contribution in [0.2, 0.25) is 0 Å². The molecule has 0 aromatic heterocycles. The highest BCUT2D eigenvalue weighted by Crippen LogP contribution is 2.48. The fraction of sp³-hybridized carbons (Fsp3) is 0.211. The predicted molar refractivity (Wildman–Crippen MR) is 111 cm³/mol. The lowest BCUT2D eigenvalue weighted by atomic mass is 10.2. The molecule has 1 amide bonds. The van der Waals surface area contributed by atoms with Gasteiger partial charge < -0.3 is 4.90 Å². The third kappa shape index (κ3) is 3.07. The molecule has 1 atom stereocenters. The number of rotatable bonds is 4. The average Bonchev–Trinajstić information content (AvgIpc) is 2.95. The van der Waals surface area contributed by atoms with Crippen molar-refractivity contribution < 1.29 is 4.79 Å². The third-order valence-corrected chi connectivity index (χ3v) is 6.20.